The number of halogens is 2. The van der Waals surface area contributed by atoms with Gasteiger partial charge in [-0.05, 0) is 29.8 Å². The van der Waals surface area contributed by atoms with Gasteiger partial charge in [0.25, 0.3) is 5.91 Å². The molecular formula is C19H16BrFN2O3. The summed E-state index contributed by atoms with van der Waals surface area (Å²) < 4.78 is 25.3. The van der Waals surface area contributed by atoms with E-state index < -0.39 is 5.91 Å². The molecule has 2 aromatic carbocycles. The van der Waals surface area contributed by atoms with Gasteiger partial charge in [-0.15, -0.1) is 0 Å². The lowest BCUT2D eigenvalue weighted by Gasteiger charge is -2.13. The molecule has 1 N–H and O–H groups in total. The highest BCUT2D eigenvalue weighted by Crippen LogP contribution is 2.35. The first-order valence-corrected chi connectivity index (χ1v) is 8.37. The van der Waals surface area contributed by atoms with Crippen LogP contribution in [0.25, 0.3) is 6.08 Å². The SMILES string of the molecule is CNC(=O)/C(C#N)=C\c1cc(OC)c(OCc2ccccc2F)cc1Br. The highest BCUT2D eigenvalue weighted by atomic mass is 79.9. The van der Waals surface area contributed by atoms with Gasteiger partial charge in [-0.2, -0.15) is 5.26 Å². The molecule has 0 fully saturated rings. The minimum atomic E-state index is -0.488. The number of carbonyl (C=O) groups excluding carboxylic acids is 1. The van der Waals surface area contributed by atoms with Gasteiger partial charge in [0.15, 0.2) is 11.5 Å². The number of amides is 1. The fraction of sp³-hybridized carbons (Fsp3) is 0.158. The molecule has 0 atom stereocenters. The summed E-state index contributed by atoms with van der Waals surface area (Å²) in [6.07, 6.45) is 1.44. The lowest BCUT2D eigenvalue weighted by atomic mass is 10.1. The van der Waals surface area contributed by atoms with Gasteiger partial charge in [0.05, 0.1) is 7.11 Å². The number of hydrogen-bond acceptors (Lipinski definition) is 4. The van der Waals surface area contributed by atoms with E-state index in [2.05, 4.69) is 21.2 Å². The number of benzene rings is 2. The van der Waals surface area contributed by atoms with E-state index in [9.17, 15) is 9.18 Å². The summed E-state index contributed by atoms with van der Waals surface area (Å²) in [5, 5.41) is 11.5. The minimum absolute atomic E-state index is 0.0341. The third-order valence-electron chi connectivity index (χ3n) is 3.52. The largest absolute Gasteiger partial charge is 0.493 e. The van der Waals surface area contributed by atoms with Crippen LogP contribution in [0.3, 0.4) is 0 Å². The fourth-order valence-corrected chi connectivity index (χ4v) is 2.58. The standard InChI is InChI=1S/C19H16BrFN2O3/c1-23-19(24)14(10-22)7-13-8-17(25-2)18(9-15(13)20)26-11-12-5-3-4-6-16(12)21/h3-9H,11H2,1-2H3,(H,23,24)/b14-7-. The van der Waals surface area contributed by atoms with Gasteiger partial charge < -0.3 is 14.8 Å². The van der Waals surface area contributed by atoms with Gasteiger partial charge in [-0.25, -0.2) is 4.39 Å². The molecule has 0 aliphatic heterocycles. The van der Waals surface area contributed by atoms with Gasteiger partial charge in [-0.3, -0.25) is 4.79 Å². The first kappa shape index (κ1) is 19.5. The summed E-state index contributed by atoms with van der Waals surface area (Å²) in [6, 6.07) is 11.5. The average molecular weight is 419 g/mol. The van der Waals surface area contributed by atoms with Crippen LogP contribution in [0, 0.1) is 17.1 Å². The summed E-state index contributed by atoms with van der Waals surface area (Å²) in [7, 11) is 2.92. The second-order valence-corrected chi connectivity index (χ2v) is 6.01. The maximum atomic E-state index is 13.7. The van der Waals surface area contributed by atoms with E-state index >= 15 is 0 Å². The zero-order valence-electron chi connectivity index (χ0n) is 14.2. The van der Waals surface area contributed by atoms with Crippen LogP contribution in [0.1, 0.15) is 11.1 Å². The van der Waals surface area contributed by atoms with E-state index in [0.717, 1.165) is 0 Å². The van der Waals surface area contributed by atoms with Crippen molar-refractivity contribution in [3.05, 3.63) is 63.4 Å². The number of nitrogens with zero attached hydrogens (tertiary/aromatic N) is 1. The normalized spacial score (nSPS) is 10.8. The van der Waals surface area contributed by atoms with Gasteiger partial charge in [0, 0.05) is 17.1 Å². The first-order valence-electron chi connectivity index (χ1n) is 7.57. The number of nitrogens with one attached hydrogen (secondary N) is 1. The second kappa shape index (κ2) is 9.02. The Kier molecular flexibility index (Phi) is 6.75. The molecule has 0 radical (unpaired) electrons. The molecule has 7 heteroatoms. The Balaban J connectivity index is 2.32. The predicted octanol–water partition coefficient (Wildman–Crippen LogP) is 3.83. The lowest BCUT2D eigenvalue weighted by molar-refractivity contribution is -0.116. The summed E-state index contributed by atoms with van der Waals surface area (Å²) in [4.78, 5) is 11.7. The number of rotatable bonds is 6. The van der Waals surface area contributed by atoms with Gasteiger partial charge in [0.1, 0.15) is 24.1 Å². The van der Waals surface area contributed by atoms with Crippen LogP contribution < -0.4 is 14.8 Å². The van der Waals surface area contributed by atoms with Crippen LogP contribution in [-0.2, 0) is 11.4 Å². The molecule has 2 aromatic rings. The molecule has 5 nitrogen and oxygen atoms in total. The van der Waals surface area contributed by atoms with Crippen molar-refractivity contribution in [2.75, 3.05) is 14.2 Å². The van der Waals surface area contributed by atoms with Crippen LogP contribution in [0.2, 0.25) is 0 Å². The van der Waals surface area contributed by atoms with Crippen molar-refractivity contribution in [3.8, 4) is 17.6 Å². The smallest absolute Gasteiger partial charge is 0.261 e. The highest BCUT2D eigenvalue weighted by Gasteiger charge is 2.13. The molecule has 0 aliphatic rings. The molecule has 0 heterocycles. The zero-order valence-corrected chi connectivity index (χ0v) is 15.8. The Bertz CT molecular complexity index is 891. The number of methoxy groups -OCH3 is 1. The van der Waals surface area contributed by atoms with Crippen LogP contribution in [-0.4, -0.2) is 20.1 Å². The van der Waals surface area contributed by atoms with Crippen molar-refractivity contribution in [1.82, 2.24) is 5.32 Å². The molecule has 134 valence electrons. The van der Waals surface area contributed by atoms with Crippen LogP contribution >= 0.6 is 15.9 Å². The molecule has 0 aliphatic carbocycles. The zero-order chi connectivity index (χ0) is 19.1. The third-order valence-corrected chi connectivity index (χ3v) is 4.20. The minimum Gasteiger partial charge on any atom is -0.493 e. The van der Waals surface area contributed by atoms with E-state index in [1.54, 1.807) is 30.3 Å². The summed E-state index contributed by atoms with van der Waals surface area (Å²) in [6.45, 7) is 0.0341. The van der Waals surface area contributed by atoms with Crippen molar-refractivity contribution in [2.45, 2.75) is 6.61 Å². The predicted molar refractivity (Wildman–Crippen MR) is 99.1 cm³/mol. The summed E-state index contributed by atoms with van der Waals surface area (Å²) in [5.41, 5.74) is 0.941. The van der Waals surface area contributed by atoms with Gasteiger partial charge >= 0.3 is 0 Å². The van der Waals surface area contributed by atoms with Crippen molar-refractivity contribution >= 4 is 27.9 Å². The number of hydrogen-bond donors (Lipinski definition) is 1. The molecule has 0 unspecified atom stereocenters. The highest BCUT2D eigenvalue weighted by molar-refractivity contribution is 9.10. The Labute approximate surface area is 159 Å². The molecule has 0 aromatic heterocycles. The monoisotopic (exact) mass is 418 g/mol. The van der Waals surface area contributed by atoms with Gasteiger partial charge in [0.2, 0.25) is 0 Å². The Hall–Kier alpha value is -2.85. The maximum Gasteiger partial charge on any atom is 0.261 e. The number of nitriles is 1. The molecule has 1 amide bonds. The molecule has 2 rings (SSSR count). The van der Waals surface area contributed by atoms with Gasteiger partial charge in [-0.1, -0.05) is 34.1 Å². The molecule has 0 spiro atoms. The topological polar surface area (TPSA) is 71.4 Å². The van der Waals surface area contributed by atoms with E-state index in [1.165, 1.54) is 26.3 Å². The van der Waals surface area contributed by atoms with Crippen molar-refractivity contribution in [1.29, 1.82) is 5.26 Å². The second-order valence-electron chi connectivity index (χ2n) is 5.15. The van der Waals surface area contributed by atoms with E-state index in [0.29, 0.717) is 27.1 Å². The Morgan fingerprint density at radius 2 is 2.08 bits per heavy atom. The van der Waals surface area contributed by atoms with Crippen LogP contribution in [0.5, 0.6) is 11.5 Å². The first-order chi connectivity index (χ1) is 12.5. The Morgan fingerprint density at radius 1 is 1.35 bits per heavy atom. The molecule has 0 saturated carbocycles. The van der Waals surface area contributed by atoms with E-state index in [4.69, 9.17) is 14.7 Å². The number of likely N-dealkylation sites (N-methyl/N-ethyl adjacent to an activating group) is 1. The quantitative estimate of drug-likeness (QED) is 0.571. The van der Waals surface area contributed by atoms with Crippen LogP contribution in [0.4, 0.5) is 4.39 Å². The third kappa shape index (κ3) is 4.61. The molecule has 0 bridgehead atoms. The number of carbonyl (C=O) groups is 1. The van der Waals surface area contributed by atoms with E-state index in [-0.39, 0.29) is 18.0 Å². The lowest BCUT2D eigenvalue weighted by Crippen LogP contribution is -2.19. The number of ether oxygens (including phenoxy) is 2. The Morgan fingerprint density at radius 3 is 2.69 bits per heavy atom. The average Bonchev–Trinajstić information content (AvgIpc) is 2.65. The maximum absolute atomic E-state index is 13.7. The molecule has 0 saturated heterocycles. The van der Waals surface area contributed by atoms with E-state index in [1.807, 2.05) is 6.07 Å². The summed E-state index contributed by atoms with van der Waals surface area (Å²) in [5.74, 6) is -0.0456. The summed E-state index contributed by atoms with van der Waals surface area (Å²) >= 11 is 3.38. The van der Waals surface area contributed by atoms with Crippen molar-refractivity contribution < 1.29 is 18.7 Å². The van der Waals surface area contributed by atoms with Crippen molar-refractivity contribution in [2.24, 2.45) is 0 Å². The molecular weight excluding hydrogens is 403 g/mol. The fourth-order valence-electron chi connectivity index (χ4n) is 2.14. The molecule has 26 heavy (non-hydrogen) atoms. The van der Waals surface area contributed by atoms with Crippen molar-refractivity contribution in [3.63, 3.8) is 0 Å². The van der Waals surface area contributed by atoms with Crippen LogP contribution in [0.15, 0.2) is 46.4 Å².